The minimum Gasteiger partial charge on any atom is -0.0625 e. The molecular weight excluding hydrogens is 168 g/mol. The third-order valence-electron chi connectivity index (χ3n) is 5.47. The van der Waals surface area contributed by atoms with Crippen LogP contribution in [0.15, 0.2) is 0 Å². The summed E-state index contributed by atoms with van der Waals surface area (Å²) in [6, 6.07) is 0. The molecule has 0 saturated heterocycles. The van der Waals surface area contributed by atoms with Gasteiger partial charge in [0.15, 0.2) is 0 Å². The van der Waals surface area contributed by atoms with Crippen LogP contribution in [0.1, 0.15) is 65.2 Å². The second-order valence-electron chi connectivity index (χ2n) is 6.80. The van der Waals surface area contributed by atoms with E-state index in [4.69, 9.17) is 0 Å². The van der Waals surface area contributed by atoms with Gasteiger partial charge in [-0.3, -0.25) is 0 Å². The lowest BCUT2D eigenvalue weighted by Gasteiger charge is -2.17. The fourth-order valence-corrected chi connectivity index (χ4v) is 4.23. The van der Waals surface area contributed by atoms with Crippen molar-refractivity contribution in [2.75, 3.05) is 0 Å². The summed E-state index contributed by atoms with van der Waals surface area (Å²) in [6.45, 7) is 4.95. The van der Waals surface area contributed by atoms with Crippen molar-refractivity contribution in [3.8, 4) is 0 Å². The van der Waals surface area contributed by atoms with Gasteiger partial charge in [0.25, 0.3) is 0 Å². The number of hydrogen-bond donors (Lipinski definition) is 0. The molecule has 0 aromatic carbocycles. The SMILES string of the molecule is CC1CCCC23CC2(CC(C)CC1)C3. The molecule has 0 radical (unpaired) electrons. The third kappa shape index (κ3) is 1.26. The van der Waals surface area contributed by atoms with Crippen LogP contribution in [0.3, 0.4) is 0 Å². The summed E-state index contributed by atoms with van der Waals surface area (Å²) in [4.78, 5) is 0. The molecule has 0 N–H and O–H groups in total. The maximum Gasteiger partial charge on any atom is -0.0227 e. The maximum absolute atomic E-state index is 2.49. The highest BCUT2D eigenvalue weighted by atomic mass is 14.8. The van der Waals surface area contributed by atoms with Crippen molar-refractivity contribution >= 4 is 0 Å². The van der Waals surface area contributed by atoms with E-state index in [-0.39, 0.29) is 0 Å². The summed E-state index contributed by atoms with van der Waals surface area (Å²) in [6.07, 6.45) is 12.4. The summed E-state index contributed by atoms with van der Waals surface area (Å²) in [5, 5.41) is 0. The smallest absolute Gasteiger partial charge is 0.0227 e. The first-order valence-corrected chi connectivity index (χ1v) is 6.66. The van der Waals surface area contributed by atoms with Crippen molar-refractivity contribution in [2.24, 2.45) is 22.7 Å². The van der Waals surface area contributed by atoms with Crippen LogP contribution in [-0.2, 0) is 0 Å². The molecule has 3 saturated carbocycles. The van der Waals surface area contributed by atoms with Gasteiger partial charge in [-0.05, 0) is 48.3 Å². The van der Waals surface area contributed by atoms with Gasteiger partial charge in [0.1, 0.15) is 0 Å². The summed E-state index contributed by atoms with van der Waals surface area (Å²) in [7, 11) is 0. The molecule has 0 aliphatic heterocycles. The number of hydrogen-bond acceptors (Lipinski definition) is 0. The van der Waals surface area contributed by atoms with E-state index in [2.05, 4.69) is 13.8 Å². The van der Waals surface area contributed by atoms with E-state index in [0.717, 1.165) is 22.7 Å². The highest BCUT2D eigenvalue weighted by Crippen LogP contribution is 2.90. The van der Waals surface area contributed by atoms with E-state index < -0.39 is 0 Å². The molecule has 3 rings (SSSR count). The van der Waals surface area contributed by atoms with Gasteiger partial charge in [0.2, 0.25) is 0 Å². The molecule has 3 aliphatic carbocycles. The Bertz CT molecular complexity index is 234. The average molecular weight is 192 g/mol. The van der Waals surface area contributed by atoms with E-state index in [0.29, 0.717) is 0 Å². The Balaban J connectivity index is 1.65. The van der Waals surface area contributed by atoms with E-state index in [1.54, 1.807) is 25.7 Å². The Morgan fingerprint density at radius 2 is 1.57 bits per heavy atom. The van der Waals surface area contributed by atoms with Gasteiger partial charge in [-0.1, -0.05) is 39.5 Å². The summed E-state index contributed by atoms with van der Waals surface area (Å²) >= 11 is 0. The topological polar surface area (TPSA) is 0 Å². The van der Waals surface area contributed by atoms with Gasteiger partial charge < -0.3 is 0 Å². The van der Waals surface area contributed by atoms with Gasteiger partial charge in [-0.2, -0.15) is 0 Å². The molecule has 3 aliphatic rings. The highest BCUT2D eigenvalue weighted by Gasteiger charge is 2.81. The highest BCUT2D eigenvalue weighted by molar-refractivity contribution is 5.30. The second kappa shape index (κ2) is 2.77. The number of rotatable bonds is 0. The van der Waals surface area contributed by atoms with Crippen LogP contribution < -0.4 is 0 Å². The zero-order valence-electron chi connectivity index (χ0n) is 9.81. The van der Waals surface area contributed by atoms with Crippen molar-refractivity contribution in [3.05, 3.63) is 0 Å². The first-order chi connectivity index (χ1) is 6.66. The lowest BCUT2D eigenvalue weighted by molar-refractivity contribution is 0.348. The molecule has 0 aromatic heterocycles. The van der Waals surface area contributed by atoms with Gasteiger partial charge in [-0.15, -0.1) is 0 Å². The minimum absolute atomic E-state index is 0.910. The molecule has 0 amide bonds. The largest absolute Gasteiger partial charge is 0.0625 e. The van der Waals surface area contributed by atoms with Crippen LogP contribution in [0, 0.1) is 22.7 Å². The fraction of sp³-hybridized carbons (Fsp3) is 1.00. The van der Waals surface area contributed by atoms with Crippen LogP contribution in [0.2, 0.25) is 0 Å². The first-order valence-electron chi connectivity index (χ1n) is 6.66. The molecular formula is C14H24. The van der Waals surface area contributed by atoms with Gasteiger partial charge in [-0.25, -0.2) is 0 Å². The Hall–Kier alpha value is 0. The molecule has 14 heavy (non-hydrogen) atoms. The third-order valence-corrected chi connectivity index (χ3v) is 5.47. The van der Waals surface area contributed by atoms with Crippen LogP contribution in [0.25, 0.3) is 0 Å². The van der Waals surface area contributed by atoms with Crippen molar-refractivity contribution in [1.29, 1.82) is 0 Å². The first kappa shape index (κ1) is 9.24. The molecule has 0 nitrogen and oxygen atoms in total. The molecule has 0 heteroatoms. The Morgan fingerprint density at radius 1 is 0.857 bits per heavy atom. The van der Waals surface area contributed by atoms with Crippen LogP contribution >= 0.6 is 0 Å². The predicted octanol–water partition coefficient (Wildman–Crippen LogP) is 4.39. The van der Waals surface area contributed by atoms with E-state index in [9.17, 15) is 0 Å². The zero-order valence-corrected chi connectivity index (χ0v) is 9.81. The van der Waals surface area contributed by atoms with Crippen molar-refractivity contribution < 1.29 is 0 Å². The van der Waals surface area contributed by atoms with Gasteiger partial charge in [0.05, 0.1) is 0 Å². The lowest BCUT2D eigenvalue weighted by atomic mass is 9.89. The maximum atomic E-state index is 2.49. The van der Waals surface area contributed by atoms with Gasteiger partial charge in [0, 0.05) is 0 Å². The quantitative estimate of drug-likeness (QED) is 0.534. The van der Waals surface area contributed by atoms with Crippen molar-refractivity contribution in [3.63, 3.8) is 0 Å². The fourth-order valence-electron chi connectivity index (χ4n) is 4.23. The molecule has 0 heterocycles. The van der Waals surface area contributed by atoms with Gasteiger partial charge >= 0.3 is 0 Å². The predicted molar refractivity (Wildman–Crippen MR) is 60.1 cm³/mol. The molecule has 0 aromatic rings. The molecule has 0 bridgehead atoms. The Kier molecular flexibility index (Phi) is 1.83. The lowest BCUT2D eigenvalue weighted by Crippen LogP contribution is -2.04. The van der Waals surface area contributed by atoms with Crippen LogP contribution in [0.5, 0.6) is 0 Å². The standard InChI is InChI=1S/C14H24/c1-11-4-3-7-13-9-14(13,10-13)8-12(2)6-5-11/h11-12H,3-10H2,1-2H3. The second-order valence-corrected chi connectivity index (χ2v) is 6.80. The summed E-state index contributed by atoms with van der Waals surface area (Å²) < 4.78 is 0. The molecule has 0 spiro atoms. The van der Waals surface area contributed by atoms with Crippen LogP contribution in [0.4, 0.5) is 0 Å². The minimum atomic E-state index is 0.910. The van der Waals surface area contributed by atoms with Crippen LogP contribution in [-0.4, -0.2) is 0 Å². The Morgan fingerprint density at radius 3 is 2.36 bits per heavy atom. The average Bonchev–Trinajstić information content (AvgIpc) is 2.87. The molecule has 2 atom stereocenters. The van der Waals surface area contributed by atoms with E-state index in [1.807, 2.05) is 0 Å². The molecule has 80 valence electrons. The normalized spacial score (nSPS) is 57.0. The summed E-state index contributed by atoms with van der Waals surface area (Å²) in [5.74, 6) is 2.01. The monoisotopic (exact) mass is 192 g/mol. The molecule has 2 unspecified atom stereocenters. The molecule has 3 fully saturated rings. The van der Waals surface area contributed by atoms with E-state index >= 15 is 0 Å². The van der Waals surface area contributed by atoms with Crippen molar-refractivity contribution in [1.82, 2.24) is 0 Å². The van der Waals surface area contributed by atoms with E-state index in [1.165, 1.54) is 25.7 Å². The van der Waals surface area contributed by atoms with Crippen molar-refractivity contribution in [2.45, 2.75) is 65.2 Å². The Labute approximate surface area is 88.5 Å². The summed E-state index contributed by atoms with van der Waals surface area (Å²) in [5.41, 5.74) is 1.82. The zero-order chi connectivity index (χ0) is 9.81.